The zero-order chi connectivity index (χ0) is 15.8. The minimum atomic E-state index is 0.162. The first-order chi connectivity index (χ1) is 11.2. The van der Waals surface area contributed by atoms with Crippen LogP contribution in [0.2, 0.25) is 5.02 Å². The fraction of sp³-hybridized carbons (Fsp3) is 0.444. The van der Waals surface area contributed by atoms with Gasteiger partial charge in [-0.1, -0.05) is 30.2 Å². The number of nitrogens with one attached hydrogen (secondary N) is 1. The molecule has 0 radical (unpaired) electrons. The molecule has 2 aliphatic carbocycles. The molecular weight excluding hydrogens is 310 g/mol. The number of aromatic nitrogens is 2. The van der Waals surface area contributed by atoms with Gasteiger partial charge in [0.05, 0.1) is 12.7 Å². The number of halogens is 1. The smallest absolute Gasteiger partial charge is 0.228 e. The predicted octanol–water partition coefficient (Wildman–Crippen LogP) is 3.96. The molecule has 4 rings (SSSR count). The SMILES string of the molecule is O=C(Nc1ccnn1Cc1ccc(Cl)cc1)C1CC2CCC1C2. The van der Waals surface area contributed by atoms with Gasteiger partial charge >= 0.3 is 0 Å². The van der Waals surface area contributed by atoms with Gasteiger partial charge in [-0.15, -0.1) is 0 Å². The zero-order valence-electron chi connectivity index (χ0n) is 12.9. The van der Waals surface area contributed by atoms with Crippen LogP contribution in [0.15, 0.2) is 36.5 Å². The second-order valence-corrected chi connectivity index (χ2v) is 7.21. The van der Waals surface area contributed by atoms with Crippen molar-refractivity contribution in [2.24, 2.45) is 17.8 Å². The van der Waals surface area contributed by atoms with Crippen molar-refractivity contribution >= 4 is 23.3 Å². The first-order valence-electron chi connectivity index (χ1n) is 8.26. The molecule has 1 aromatic carbocycles. The second-order valence-electron chi connectivity index (χ2n) is 6.77. The average Bonchev–Trinajstić information content (AvgIpc) is 3.27. The third-order valence-corrected chi connectivity index (χ3v) is 5.54. The van der Waals surface area contributed by atoms with E-state index < -0.39 is 0 Å². The fourth-order valence-electron chi connectivity index (χ4n) is 4.11. The van der Waals surface area contributed by atoms with E-state index in [-0.39, 0.29) is 11.8 Å². The summed E-state index contributed by atoms with van der Waals surface area (Å²) in [4.78, 5) is 12.6. The molecule has 1 N–H and O–H groups in total. The number of carbonyl (C=O) groups excluding carboxylic acids is 1. The van der Waals surface area contributed by atoms with Crippen molar-refractivity contribution in [2.45, 2.75) is 32.2 Å². The molecule has 0 aliphatic heterocycles. The first kappa shape index (κ1) is 14.8. The summed E-state index contributed by atoms with van der Waals surface area (Å²) in [5, 5.41) is 8.14. The van der Waals surface area contributed by atoms with Crippen LogP contribution in [0.1, 0.15) is 31.2 Å². The standard InChI is InChI=1S/C18H20ClN3O/c19-15-5-2-12(3-6-15)11-22-17(7-8-20-22)21-18(23)16-10-13-1-4-14(16)9-13/h2-3,5-8,13-14,16H,1,4,9-11H2,(H,21,23). The lowest BCUT2D eigenvalue weighted by atomic mass is 9.88. The van der Waals surface area contributed by atoms with Gasteiger partial charge in [0.2, 0.25) is 5.91 Å². The number of benzene rings is 1. The van der Waals surface area contributed by atoms with E-state index in [1.165, 1.54) is 19.3 Å². The van der Waals surface area contributed by atoms with E-state index in [1.54, 1.807) is 6.20 Å². The Bertz CT molecular complexity index is 709. The molecule has 1 heterocycles. The third kappa shape index (κ3) is 3.00. The van der Waals surface area contributed by atoms with Crippen molar-refractivity contribution in [1.82, 2.24) is 9.78 Å². The summed E-state index contributed by atoms with van der Waals surface area (Å²) in [6.07, 6.45) is 6.55. The Labute approximate surface area is 140 Å². The Morgan fingerprint density at radius 3 is 2.74 bits per heavy atom. The molecule has 4 nitrogen and oxygen atoms in total. The lowest BCUT2D eigenvalue weighted by Crippen LogP contribution is -2.28. The molecule has 1 aromatic heterocycles. The van der Waals surface area contributed by atoms with E-state index in [1.807, 2.05) is 35.0 Å². The Balaban J connectivity index is 1.45. The van der Waals surface area contributed by atoms with Gasteiger partial charge in [0.25, 0.3) is 0 Å². The highest BCUT2D eigenvalue weighted by Crippen LogP contribution is 2.48. The fourth-order valence-corrected chi connectivity index (χ4v) is 4.24. The molecule has 1 amide bonds. The lowest BCUT2D eigenvalue weighted by molar-refractivity contribution is -0.121. The summed E-state index contributed by atoms with van der Waals surface area (Å²) >= 11 is 5.92. The zero-order valence-corrected chi connectivity index (χ0v) is 13.7. The minimum absolute atomic E-state index is 0.162. The maximum absolute atomic E-state index is 12.6. The van der Waals surface area contributed by atoms with E-state index in [0.29, 0.717) is 12.5 Å². The van der Waals surface area contributed by atoms with Crippen LogP contribution in [0, 0.1) is 17.8 Å². The summed E-state index contributed by atoms with van der Waals surface area (Å²) in [6, 6.07) is 9.56. The molecule has 0 saturated heterocycles. The van der Waals surface area contributed by atoms with Gasteiger partial charge in [-0.25, -0.2) is 4.68 Å². The van der Waals surface area contributed by atoms with Crippen molar-refractivity contribution in [3.63, 3.8) is 0 Å². The number of hydrogen-bond donors (Lipinski definition) is 1. The van der Waals surface area contributed by atoms with Gasteiger partial charge in [0, 0.05) is 17.0 Å². The maximum Gasteiger partial charge on any atom is 0.228 e. The van der Waals surface area contributed by atoms with Crippen LogP contribution in [0.25, 0.3) is 0 Å². The number of nitrogens with zero attached hydrogens (tertiary/aromatic N) is 2. The number of rotatable bonds is 4. The maximum atomic E-state index is 12.6. The molecule has 2 fully saturated rings. The van der Waals surface area contributed by atoms with Crippen LogP contribution in [-0.2, 0) is 11.3 Å². The van der Waals surface area contributed by atoms with Gasteiger partial charge in [0.1, 0.15) is 5.82 Å². The molecule has 2 bridgehead atoms. The Kier molecular flexibility index (Phi) is 3.85. The van der Waals surface area contributed by atoms with Crippen LogP contribution in [0.3, 0.4) is 0 Å². The molecule has 2 saturated carbocycles. The number of anilines is 1. The number of hydrogen-bond acceptors (Lipinski definition) is 2. The van der Waals surface area contributed by atoms with Crippen molar-refractivity contribution in [2.75, 3.05) is 5.32 Å². The topological polar surface area (TPSA) is 46.9 Å². The summed E-state index contributed by atoms with van der Waals surface area (Å²) < 4.78 is 1.83. The monoisotopic (exact) mass is 329 g/mol. The third-order valence-electron chi connectivity index (χ3n) is 5.29. The summed E-state index contributed by atoms with van der Waals surface area (Å²) in [5.41, 5.74) is 1.11. The molecule has 0 spiro atoms. The Morgan fingerprint density at radius 1 is 1.22 bits per heavy atom. The second kappa shape index (κ2) is 6.00. The summed E-state index contributed by atoms with van der Waals surface area (Å²) in [6.45, 7) is 0.622. The highest BCUT2D eigenvalue weighted by atomic mass is 35.5. The molecule has 23 heavy (non-hydrogen) atoms. The van der Waals surface area contributed by atoms with Crippen LogP contribution >= 0.6 is 11.6 Å². The molecular formula is C18H20ClN3O. The van der Waals surface area contributed by atoms with Crippen molar-refractivity contribution in [3.05, 3.63) is 47.1 Å². The quantitative estimate of drug-likeness (QED) is 0.923. The Hall–Kier alpha value is -1.81. The van der Waals surface area contributed by atoms with Gasteiger partial charge in [0.15, 0.2) is 0 Å². The van der Waals surface area contributed by atoms with E-state index >= 15 is 0 Å². The molecule has 5 heteroatoms. The number of fused-ring (bicyclic) bond motifs is 2. The minimum Gasteiger partial charge on any atom is -0.311 e. The Morgan fingerprint density at radius 2 is 2.04 bits per heavy atom. The predicted molar refractivity (Wildman–Crippen MR) is 90.3 cm³/mol. The van der Waals surface area contributed by atoms with E-state index in [4.69, 9.17) is 11.6 Å². The average molecular weight is 330 g/mol. The molecule has 2 aromatic rings. The number of amides is 1. The largest absolute Gasteiger partial charge is 0.311 e. The number of carbonyl (C=O) groups is 1. The summed E-state index contributed by atoms with van der Waals surface area (Å²) in [7, 11) is 0. The highest BCUT2D eigenvalue weighted by Gasteiger charge is 2.43. The molecule has 3 unspecified atom stereocenters. The molecule has 3 atom stereocenters. The van der Waals surface area contributed by atoms with Gasteiger partial charge < -0.3 is 5.32 Å². The van der Waals surface area contributed by atoms with E-state index in [0.717, 1.165) is 28.7 Å². The summed E-state index contributed by atoms with van der Waals surface area (Å²) in [5.74, 6) is 2.48. The van der Waals surface area contributed by atoms with E-state index in [2.05, 4.69) is 10.4 Å². The van der Waals surface area contributed by atoms with Gasteiger partial charge in [-0.05, 0) is 48.8 Å². The lowest BCUT2D eigenvalue weighted by Gasteiger charge is -2.21. The van der Waals surface area contributed by atoms with Crippen LogP contribution in [0.5, 0.6) is 0 Å². The normalized spacial score (nSPS) is 25.7. The highest BCUT2D eigenvalue weighted by molar-refractivity contribution is 6.30. The van der Waals surface area contributed by atoms with Crippen molar-refractivity contribution in [3.8, 4) is 0 Å². The van der Waals surface area contributed by atoms with Crippen LogP contribution in [-0.4, -0.2) is 15.7 Å². The van der Waals surface area contributed by atoms with Gasteiger partial charge in [-0.2, -0.15) is 5.10 Å². The van der Waals surface area contributed by atoms with Crippen molar-refractivity contribution < 1.29 is 4.79 Å². The molecule has 120 valence electrons. The van der Waals surface area contributed by atoms with Crippen molar-refractivity contribution in [1.29, 1.82) is 0 Å². The van der Waals surface area contributed by atoms with Crippen LogP contribution < -0.4 is 5.32 Å². The van der Waals surface area contributed by atoms with Gasteiger partial charge in [-0.3, -0.25) is 4.79 Å². The molecule has 2 aliphatic rings. The first-order valence-corrected chi connectivity index (χ1v) is 8.64. The van der Waals surface area contributed by atoms with Crippen LogP contribution in [0.4, 0.5) is 5.82 Å². The van der Waals surface area contributed by atoms with E-state index in [9.17, 15) is 4.79 Å².